The van der Waals surface area contributed by atoms with Crippen molar-refractivity contribution in [3.63, 3.8) is 0 Å². The summed E-state index contributed by atoms with van der Waals surface area (Å²) >= 11 is 0. The maximum atomic E-state index is 13.3. The largest absolute Gasteiger partial charge is 0.333 e. The number of aromatic amines is 1. The normalized spacial score (nSPS) is 16.1. The fourth-order valence-electron chi connectivity index (χ4n) is 6.05. The lowest BCUT2D eigenvalue weighted by atomic mass is 10.2. The highest BCUT2D eigenvalue weighted by Gasteiger charge is 2.45. The molecular formula is C38H41N9O6S2. The Labute approximate surface area is 319 Å². The van der Waals surface area contributed by atoms with Gasteiger partial charge < -0.3 is 10.6 Å². The summed E-state index contributed by atoms with van der Waals surface area (Å²) in [7, 11) is -7.88. The van der Waals surface area contributed by atoms with Gasteiger partial charge in [0.2, 0.25) is 5.95 Å². The van der Waals surface area contributed by atoms with Crippen LogP contribution in [0.2, 0.25) is 0 Å². The molecule has 0 fully saturated rings. The zero-order valence-electron chi connectivity index (χ0n) is 30.5. The van der Waals surface area contributed by atoms with Gasteiger partial charge in [-0.15, -0.1) is 5.10 Å². The van der Waals surface area contributed by atoms with E-state index in [9.17, 15) is 26.4 Å². The lowest BCUT2D eigenvalue weighted by Crippen LogP contribution is -2.33. The summed E-state index contributed by atoms with van der Waals surface area (Å²) in [5, 5.41) is 16.6. The van der Waals surface area contributed by atoms with Crippen LogP contribution >= 0.6 is 0 Å². The number of anilines is 2. The molecule has 0 radical (unpaired) electrons. The number of amides is 2. The maximum Gasteiger partial charge on any atom is 0.285 e. The number of hydrogen-bond donors (Lipinski definition) is 3. The van der Waals surface area contributed by atoms with E-state index >= 15 is 0 Å². The monoisotopic (exact) mass is 783 g/mol. The van der Waals surface area contributed by atoms with Gasteiger partial charge in [-0.05, 0) is 43.0 Å². The fraction of sp³-hybridized carbons (Fsp3) is 0.237. The number of hydrogen-bond acceptors (Lipinski definition) is 11. The number of H-pyrrole nitrogens is 1. The number of unbranched alkanes of at least 4 members (excludes halogenated alkanes) is 2. The van der Waals surface area contributed by atoms with Crippen LogP contribution in [0.25, 0.3) is 15.5 Å². The average molecular weight is 784 g/mol. The minimum Gasteiger partial charge on any atom is -0.333 e. The number of sulfonamides is 2. The third kappa shape index (κ3) is 7.93. The Morgan fingerprint density at radius 3 is 1.60 bits per heavy atom. The Balaban J connectivity index is 0.000000193. The highest BCUT2D eigenvalue weighted by atomic mass is 32.2. The van der Waals surface area contributed by atoms with Crippen molar-refractivity contribution in [2.45, 2.75) is 46.5 Å². The van der Waals surface area contributed by atoms with E-state index in [4.69, 9.17) is 0 Å². The van der Waals surface area contributed by atoms with E-state index in [2.05, 4.69) is 30.9 Å². The summed E-state index contributed by atoms with van der Waals surface area (Å²) in [6.07, 6.45) is 4.03. The van der Waals surface area contributed by atoms with Crippen LogP contribution in [-0.4, -0.2) is 75.3 Å². The zero-order valence-corrected chi connectivity index (χ0v) is 32.1. The van der Waals surface area contributed by atoms with Gasteiger partial charge in [-0.2, -0.15) is 10.1 Å². The topological polar surface area (TPSA) is 192 Å². The Bertz CT molecular complexity index is 2430. The molecule has 0 saturated carbocycles. The van der Waals surface area contributed by atoms with Gasteiger partial charge in [0.15, 0.2) is 5.82 Å². The highest BCUT2D eigenvalue weighted by Crippen LogP contribution is 2.37. The Morgan fingerprint density at radius 2 is 1.15 bits per heavy atom. The summed E-state index contributed by atoms with van der Waals surface area (Å²) in [5.41, 5.74) is 2.66. The number of carbonyl (C=O) groups is 2. The maximum absolute atomic E-state index is 13.3. The molecule has 0 unspecified atom stereocenters. The Hall–Kier alpha value is -6.07. The van der Waals surface area contributed by atoms with Crippen LogP contribution in [-0.2, 0) is 29.6 Å². The first-order chi connectivity index (χ1) is 26.5. The molecule has 0 bridgehead atoms. The minimum atomic E-state index is -3.96. The van der Waals surface area contributed by atoms with Crippen molar-refractivity contribution in [1.82, 2.24) is 33.6 Å². The molecule has 0 spiro atoms. The quantitative estimate of drug-likeness (QED) is 0.137. The van der Waals surface area contributed by atoms with Crippen LogP contribution < -0.4 is 10.6 Å². The third-order valence-corrected chi connectivity index (χ3v) is 12.5. The van der Waals surface area contributed by atoms with Crippen molar-refractivity contribution >= 4 is 53.4 Å². The molecule has 7 rings (SSSR count). The van der Waals surface area contributed by atoms with Crippen LogP contribution in [0.5, 0.6) is 0 Å². The van der Waals surface area contributed by atoms with E-state index in [0.717, 1.165) is 32.8 Å². The van der Waals surface area contributed by atoms with Crippen molar-refractivity contribution < 1.29 is 26.4 Å². The summed E-state index contributed by atoms with van der Waals surface area (Å²) in [4.78, 5) is 29.7. The van der Waals surface area contributed by atoms with Crippen LogP contribution in [0, 0.1) is 6.92 Å². The Kier molecular flexibility index (Phi) is 11.6. The second-order valence-corrected chi connectivity index (χ2v) is 16.2. The van der Waals surface area contributed by atoms with Gasteiger partial charge in [0.05, 0.1) is 5.69 Å². The molecule has 3 aromatic carbocycles. The lowest BCUT2D eigenvalue weighted by Gasteiger charge is -2.15. The summed E-state index contributed by atoms with van der Waals surface area (Å²) < 4.78 is 56.0. The van der Waals surface area contributed by atoms with Crippen molar-refractivity contribution in [2.24, 2.45) is 0 Å². The van der Waals surface area contributed by atoms with Gasteiger partial charge in [0.1, 0.15) is 27.5 Å². The summed E-state index contributed by atoms with van der Waals surface area (Å²) in [6, 6.07) is 28.6. The SMILES string of the molecule is CCCCN1C(=O)C(Nc2cc(C)n(-c3ccccc3)n2)=C(c2ccccc2)S1(=O)=O.CCCCN1C(=O)C(Nc2ncn[nH]2)=C(c2ccccc2)S1(=O)=O. The highest BCUT2D eigenvalue weighted by molar-refractivity contribution is 8.00. The number of aromatic nitrogens is 5. The summed E-state index contributed by atoms with van der Waals surface area (Å²) in [5.74, 6) is -0.525. The molecule has 2 aliphatic rings. The number of rotatable bonds is 13. The van der Waals surface area contributed by atoms with Gasteiger partial charge >= 0.3 is 0 Å². The number of nitrogens with zero attached hydrogens (tertiary/aromatic N) is 6. The molecule has 0 aliphatic carbocycles. The smallest absolute Gasteiger partial charge is 0.285 e. The first-order valence-electron chi connectivity index (χ1n) is 17.7. The summed E-state index contributed by atoms with van der Waals surface area (Å²) in [6.45, 7) is 6.09. The Morgan fingerprint density at radius 1 is 0.673 bits per heavy atom. The van der Waals surface area contributed by atoms with Gasteiger partial charge in [-0.3, -0.25) is 9.59 Å². The van der Waals surface area contributed by atoms with Gasteiger partial charge in [-0.1, -0.05) is 106 Å². The first-order valence-corrected chi connectivity index (χ1v) is 20.6. The predicted molar refractivity (Wildman–Crippen MR) is 210 cm³/mol. The molecule has 5 aromatic rings. The number of carbonyl (C=O) groups excluding carboxylic acids is 2. The third-order valence-electron chi connectivity index (χ3n) is 8.73. The molecule has 15 nitrogen and oxygen atoms in total. The standard InChI is InChI=1S/C23H24N4O3S.C15H17N5O3S/c1-3-4-15-26-23(28)21(22(31(26,29)30)18-11-7-5-8-12-18)24-20-16-17(2)27(25-20)19-13-9-6-10-14-19;1-2-3-9-20-14(21)12(18-15-16-10-17-19-15)13(24(20,22)23)11-7-5-4-6-8-11/h5-14,16H,3-4,15H2,1-2H3,(H,24,25);4-8,10H,2-3,9H2,1H3,(H2,16,17,18,19). The van der Waals surface area contributed by atoms with Crippen LogP contribution in [0.4, 0.5) is 11.8 Å². The van der Waals surface area contributed by atoms with E-state index in [0.29, 0.717) is 29.8 Å². The molecule has 286 valence electrons. The number of nitrogens with one attached hydrogen (secondary N) is 3. The molecule has 3 N–H and O–H groups in total. The lowest BCUT2D eigenvalue weighted by molar-refractivity contribution is -0.122. The average Bonchev–Trinajstić information content (AvgIpc) is 3.92. The van der Waals surface area contributed by atoms with Crippen LogP contribution in [0.3, 0.4) is 0 Å². The van der Waals surface area contributed by atoms with Crippen molar-refractivity contribution in [3.8, 4) is 5.69 Å². The second-order valence-electron chi connectivity index (χ2n) is 12.6. The van der Waals surface area contributed by atoms with Crippen molar-refractivity contribution in [3.05, 3.63) is 132 Å². The second kappa shape index (κ2) is 16.5. The minimum absolute atomic E-state index is 0.0129. The number of benzene rings is 3. The van der Waals surface area contributed by atoms with E-state index in [1.807, 2.05) is 51.1 Å². The van der Waals surface area contributed by atoms with E-state index in [-0.39, 0.29) is 40.2 Å². The first kappa shape index (κ1) is 38.6. The fourth-order valence-corrected chi connectivity index (χ4v) is 9.51. The predicted octanol–water partition coefficient (Wildman–Crippen LogP) is 5.49. The molecule has 2 amide bonds. The van der Waals surface area contributed by atoms with Crippen molar-refractivity contribution in [2.75, 3.05) is 23.7 Å². The molecule has 0 saturated heterocycles. The molecule has 2 aromatic heterocycles. The molecule has 55 heavy (non-hydrogen) atoms. The van der Waals surface area contributed by atoms with E-state index in [1.54, 1.807) is 71.4 Å². The molecular weight excluding hydrogens is 743 g/mol. The zero-order chi connectivity index (χ0) is 39.2. The van der Waals surface area contributed by atoms with Gasteiger partial charge in [0.25, 0.3) is 31.9 Å². The number of aryl methyl sites for hydroxylation is 1. The van der Waals surface area contributed by atoms with Gasteiger partial charge in [0, 0.05) is 24.8 Å². The van der Waals surface area contributed by atoms with Crippen LogP contribution in [0.15, 0.2) is 115 Å². The molecule has 17 heteroatoms. The molecule has 2 aliphatic heterocycles. The van der Waals surface area contributed by atoms with E-state index < -0.39 is 31.9 Å². The molecule has 0 atom stereocenters. The van der Waals surface area contributed by atoms with E-state index in [1.165, 1.54) is 6.33 Å². The van der Waals surface area contributed by atoms with Gasteiger partial charge in [-0.25, -0.2) is 35.2 Å². The van der Waals surface area contributed by atoms with Crippen molar-refractivity contribution in [1.29, 1.82) is 0 Å². The number of para-hydroxylation sites is 1. The van der Waals surface area contributed by atoms with Crippen LogP contribution in [0.1, 0.15) is 56.4 Å². The molecule has 4 heterocycles.